The minimum absolute atomic E-state index is 1.44. The number of benzene rings is 9. The van der Waals surface area contributed by atoms with Gasteiger partial charge in [-0.25, -0.2) is 0 Å². The Balaban J connectivity index is 0.000000158. The van der Waals surface area contributed by atoms with Crippen LogP contribution in [0.15, 0.2) is 0 Å². The molecule has 0 aliphatic carbocycles. The number of hydrogen-bond donors (Lipinski definition) is 0. The fourth-order valence-corrected chi connectivity index (χ4v) is 13.7. The van der Waals surface area contributed by atoms with E-state index < -0.39 is 0 Å². The van der Waals surface area contributed by atoms with Crippen LogP contribution in [0.25, 0.3) is 64.6 Å². The van der Waals surface area contributed by atoms with Gasteiger partial charge in [0.15, 0.2) is 0 Å². The van der Waals surface area contributed by atoms with Crippen LogP contribution < -0.4 is 0 Å². The highest BCUT2D eigenvalue weighted by Gasteiger charge is 2.24. The van der Waals surface area contributed by atoms with Crippen molar-refractivity contribution in [3.8, 4) is 0 Å². The van der Waals surface area contributed by atoms with Crippen LogP contribution in [-0.4, -0.2) is 0 Å². The van der Waals surface area contributed by atoms with Crippen LogP contribution in [0.1, 0.15) is 167 Å². The zero-order chi connectivity index (χ0) is 54.2. The molecule has 0 N–H and O–H groups in total. The van der Waals surface area contributed by atoms with Crippen molar-refractivity contribution in [3.05, 3.63) is 167 Å². The Morgan fingerprint density at radius 2 is 0.125 bits per heavy atom. The number of fused-ring (bicyclic) bond motifs is 9. The van der Waals surface area contributed by atoms with Gasteiger partial charge in [-0.15, -0.1) is 0 Å². The van der Waals surface area contributed by atoms with E-state index in [1.165, 1.54) is 232 Å². The van der Waals surface area contributed by atoms with Crippen molar-refractivity contribution in [1.82, 2.24) is 0 Å². The smallest absolute Gasteiger partial charge is 0.00649 e. The zero-order valence-electron chi connectivity index (χ0n) is 51.0. The van der Waals surface area contributed by atoms with Crippen molar-refractivity contribution in [2.75, 3.05) is 0 Å². The standard InChI is InChI=1S/3C24H30/c3*1-11-13(3)17(7)23-21(15(11)5)19(9)20(10)22-16(6)12(2)14(4)18(8)24(22)23/h3*1-10H3. The predicted molar refractivity (Wildman–Crippen MR) is 326 cm³/mol. The summed E-state index contributed by atoms with van der Waals surface area (Å²) < 4.78 is 0. The highest BCUT2D eigenvalue weighted by atomic mass is 14.3. The Hall–Kier alpha value is -5.46. The maximum atomic E-state index is 2.31. The summed E-state index contributed by atoms with van der Waals surface area (Å²) in [6.45, 7) is 68.8. The van der Waals surface area contributed by atoms with E-state index in [-0.39, 0.29) is 0 Å². The highest BCUT2D eigenvalue weighted by molar-refractivity contribution is 6.19. The molecule has 0 bridgehead atoms. The van der Waals surface area contributed by atoms with Crippen LogP contribution in [-0.2, 0) is 0 Å². The van der Waals surface area contributed by atoms with Gasteiger partial charge >= 0.3 is 0 Å². The first-order chi connectivity index (χ1) is 33.3. The summed E-state index contributed by atoms with van der Waals surface area (Å²) >= 11 is 0. The Labute approximate surface area is 437 Å². The lowest BCUT2D eigenvalue weighted by atomic mass is 9.80. The molecular weight excluding hydrogens is 865 g/mol. The van der Waals surface area contributed by atoms with Gasteiger partial charge in [-0.3, -0.25) is 0 Å². The first kappa shape index (κ1) is 54.3. The molecule has 0 aliphatic rings. The SMILES string of the molecule is Cc1c(C)c(C)c2c(c1C)c(C)c(C)c1c(C)c(C)c(C)c(C)c12.Cc1c(C)c(C)c2c(c1C)c(C)c(C)c1c(C)c(C)c(C)c(C)c12.Cc1c(C)c(C)c2c(c1C)c(C)c(C)c1c(C)c(C)c(C)c(C)c12. The van der Waals surface area contributed by atoms with E-state index >= 15 is 0 Å². The third-order valence-electron chi connectivity index (χ3n) is 20.8. The molecule has 0 atom stereocenters. The van der Waals surface area contributed by atoms with Gasteiger partial charge in [-0.2, -0.15) is 0 Å². The van der Waals surface area contributed by atoms with Crippen LogP contribution in [0.4, 0.5) is 0 Å². The second kappa shape index (κ2) is 18.8. The Bertz CT molecular complexity index is 3240. The average molecular weight is 956 g/mol. The first-order valence-corrected chi connectivity index (χ1v) is 27.0. The minimum Gasteiger partial charge on any atom is -0.0444 e. The monoisotopic (exact) mass is 955 g/mol. The molecule has 72 heavy (non-hydrogen) atoms. The van der Waals surface area contributed by atoms with Gasteiger partial charge in [0.1, 0.15) is 0 Å². The molecule has 0 aliphatic heterocycles. The third kappa shape index (κ3) is 7.49. The predicted octanol–water partition coefficient (Wildman–Crippen LogP) is 21.2. The molecule has 0 nitrogen and oxygen atoms in total. The largest absolute Gasteiger partial charge is 0.0444 e. The normalized spacial score (nSPS) is 11.8. The lowest BCUT2D eigenvalue weighted by Gasteiger charge is -2.24. The summed E-state index contributed by atoms with van der Waals surface area (Å²) in [5.74, 6) is 0. The van der Waals surface area contributed by atoms with Crippen molar-refractivity contribution in [2.24, 2.45) is 0 Å². The molecule has 0 unspecified atom stereocenters. The lowest BCUT2D eigenvalue weighted by molar-refractivity contribution is 1.22. The molecule has 0 heteroatoms. The third-order valence-corrected chi connectivity index (χ3v) is 20.8. The van der Waals surface area contributed by atoms with Crippen molar-refractivity contribution in [3.63, 3.8) is 0 Å². The molecule has 378 valence electrons. The van der Waals surface area contributed by atoms with E-state index in [9.17, 15) is 0 Å². The topological polar surface area (TPSA) is 0 Å². The first-order valence-electron chi connectivity index (χ1n) is 27.0. The van der Waals surface area contributed by atoms with Crippen LogP contribution >= 0.6 is 0 Å². The van der Waals surface area contributed by atoms with E-state index in [0.29, 0.717) is 0 Å². The van der Waals surface area contributed by atoms with Crippen LogP contribution in [0.3, 0.4) is 0 Å². The van der Waals surface area contributed by atoms with Crippen LogP contribution in [0.2, 0.25) is 0 Å². The molecule has 9 aromatic rings. The van der Waals surface area contributed by atoms with Crippen molar-refractivity contribution >= 4 is 64.6 Å². The molecular formula is C72H90. The summed E-state index contributed by atoms with van der Waals surface area (Å²) in [7, 11) is 0. The molecule has 0 heterocycles. The van der Waals surface area contributed by atoms with Gasteiger partial charge in [-0.1, -0.05) is 0 Å². The summed E-state index contributed by atoms with van der Waals surface area (Å²) in [4.78, 5) is 0. The summed E-state index contributed by atoms with van der Waals surface area (Å²) in [5.41, 5.74) is 43.4. The van der Waals surface area contributed by atoms with Crippen molar-refractivity contribution in [1.29, 1.82) is 0 Å². The molecule has 0 fully saturated rings. The van der Waals surface area contributed by atoms with E-state index in [1.807, 2.05) is 0 Å². The molecule has 0 saturated heterocycles. The average Bonchev–Trinajstić information content (AvgIpc) is 3.35. The van der Waals surface area contributed by atoms with Crippen molar-refractivity contribution < 1.29 is 0 Å². The lowest BCUT2D eigenvalue weighted by Crippen LogP contribution is -2.03. The molecule has 0 saturated carbocycles. The van der Waals surface area contributed by atoms with Gasteiger partial charge in [0.05, 0.1) is 0 Å². The van der Waals surface area contributed by atoms with Gasteiger partial charge in [0.25, 0.3) is 0 Å². The van der Waals surface area contributed by atoms with E-state index in [0.717, 1.165) is 0 Å². The Morgan fingerprint density at radius 3 is 0.208 bits per heavy atom. The molecule has 0 aromatic heterocycles. The maximum Gasteiger partial charge on any atom is -0.00649 e. The van der Waals surface area contributed by atoms with E-state index in [4.69, 9.17) is 0 Å². The van der Waals surface area contributed by atoms with Gasteiger partial charge in [0.2, 0.25) is 0 Å². The van der Waals surface area contributed by atoms with Gasteiger partial charge in [-0.05, 0) is 439 Å². The molecule has 0 amide bonds. The van der Waals surface area contributed by atoms with Gasteiger partial charge < -0.3 is 0 Å². The van der Waals surface area contributed by atoms with Crippen molar-refractivity contribution in [2.45, 2.75) is 208 Å². The molecule has 0 spiro atoms. The number of rotatable bonds is 0. The van der Waals surface area contributed by atoms with E-state index in [2.05, 4.69) is 208 Å². The molecule has 9 rings (SSSR count). The molecule has 0 radical (unpaired) electrons. The summed E-state index contributed by atoms with van der Waals surface area (Å²) in [5, 5.41) is 17.8. The van der Waals surface area contributed by atoms with Crippen LogP contribution in [0, 0.1) is 208 Å². The minimum atomic E-state index is 1.44. The number of aryl methyl sites for hydroxylation is 18. The maximum absolute atomic E-state index is 2.31. The number of hydrogen-bond acceptors (Lipinski definition) is 0. The quantitative estimate of drug-likeness (QED) is 0.133. The Kier molecular flexibility index (Phi) is 14.2. The second-order valence-electron chi connectivity index (χ2n) is 23.2. The summed E-state index contributed by atoms with van der Waals surface area (Å²) in [6.07, 6.45) is 0. The van der Waals surface area contributed by atoms with Gasteiger partial charge in [0, 0.05) is 0 Å². The summed E-state index contributed by atoms with van der Waals surface area (Å²) in [6, 6.07) is 0. The Morgan fingerprint density at radius 1 is 0.0694 bits per heavy atom. The highest BCUT2D eigenvalue weighted by Crippen LogP contribution is 2.46. The second-order valence-corrected chi connectivity index (χ2v) is 23.2. The van der Waals surface area contributed by atoms with Crippen LogP contribution in [0.5, 0.6) is 0 Å². The fourth-order valence-electron chi connectivity index (χ4n) is 13.7. The zero-order valence-corrected chi connectivity index (χ0v) is 51.0. The fraction of sp³-hybridized carbons (Fsp3) is 0.417. The van der Waals surface area contributed by atoms with E-state index in [1.54, 1.807) is 0 Å². The molecule has 9 aromatic carbocycles.